The second-order valence-electron chi connectivity index (χ2n) is 8.87. The maximum absolute atomic E-state index is 13.9. The van der Waals surface area contributed by atoms with Gasteiger partial charge in [-0.1, -0.05) is 11.8 Å². The number of phenolic OH excluding ortho intramolecular Hbond substituents is 1. The number of thiophene rings is 1. The number of ether oxygens (including phenoxy) is 2. The smallest absolute Gasteiger partial charge is 0.267 e. The number of carbonyl (C=O) groups is 1. The number of benzene rings is 2. The van der Waals surface area contributed by atoms with Gasteiger partial charge in [0.05, 0.1) is 36.8 Å². The molecule has 1 aliphatic rings. The van der Waals surface area contributed by atoms with Crippen molar-refractivity contribution >= 4 is 45.4 Å². The van der Waals surface area contributed by atoms with E-state index < -0.39 is 0 Å². The fourth-order valence-corrected chi connectivity index (χ4v) is 6.59. The summed E-state index contributed by atoms with van der Waals surface area (Å²) in [6.07, 6.45) is 5.49. The van der Waals surface area contributed by atoms with E-state index in [4.69, 9.17) is 14.5 Å². The summed E-state index contributed by atoms with van der Waals surface area (Å²) in [6, 6.07) is 12.1. The summed E-state index contributed by atoms with van der Waals surface area (Å²) in [6.45, 7) is 2.47. The highest BCUT2D eigenvalue weighted by Crippen LogP contribution is 2.35. The second-order valence-corrected chi connectivity index (χ2v) is 10.9. The molecule has 2 aromatic heterocycles. The molecule has 0 fully saturated rings. The number of hydrogen-bond acceptors (Lipinski definition) is 9. The van der Waals surface area contributed by atoms with Crippen molar-refractivity contribution in [1.29, 1.82) is 0 Å². The van der Waals surface area contributed by atoms with Crippen LogP contribution in [0.1, 0.15) is 35.8 Å². The Bertz CT molecular complexity index is 1590. The molecule has 1 aliphatic carbocycles. The summed E-state index contributed by atoms with van der Waals surface area (Å²) in [4.78, 5) is 33.3. The van der Waals surface area contributed by atoms with E-state index in [1.165, 1.54) is 36.0 Å². The number of fused-ring (bicyclic) bond motifs is 3. The van der Waals surface area contributed by atoms with E-state index in [9.17, 15) is 14.7 Å². The maximum Gasteiger partial charge on any atom is 0.267 e. The summed E-state index contributed by atoms with van der Waals surface area (Å²) < 4.78 is 12.2. The number of nitrogens with one attached hydrogen (secondary N) is 1. The Morgan fingerprint density at radius 2 is 2.03 bits per heavy atom. The van der Waals surface area contributed by atoms with Gasteiger partial charge in [-0.15, -0.1) is 11.3 Å². The molecule has 2 heterocycles. The average Bonchev–Trinajstić information content (AvgIpc) is 3.32. The van der Waals surface area contributed by atoms with E-state index in [0.717, 1.165) is 36.1 Å². The Labute approximate surface area is 233 Å². The van der Waals surface area contributed by atoms with E-state index in [-0.39, 0.29) is 23.0 Å². The number of nitrogens with zero attached hydrogens (tertiary/aromatic N) is 3. The highest BCUT2D eigenvalue weighted by Gasteiger charge is 2.23. The Morgan fingerprint density at radius 1 is 1.23 bits per heavy atom. The van der Waals surface area contributed by atoms with E-state index in [0.29, 0.717) is 39.9 Å². The van der Waals surface area contributed by atoms with Gasteiger partial charge in [-0.2, -0.15) is 5.10 Å². The van der Waals surface area contributed by atoms with Gasteiger partial charge in [-0.25, -0.2) is 10.4 Å². The number of carbonyl (C=O) groups excluding carboxylic acids is 1. The van der Waals surface area contributed by atoms with Crippen LogP contribution in [-0.4, -0.2) is 46.2 Å². The largest absolute Gasteiger partial charge is 0.504 e. The summed E-state index contributed by atoms with van der Waals surface area (Å²) in [5, 5.41) is 14.9. The van der Waals surface area contributed by atoms with Crippen LogP contribution >= 0.6 is 23.1 Å². The third-order valence-corrected chi connectivity index (χ3v) is 8.43. The first kappa shape index (κ1) is 26.8. The SMILES string of the molecule is CCOc1ccc(-n2c(SCC(=O)N/N=C/c3ccc(O)c(OC)c3)nc3sc4c(c3c2=O)CCCC4)cc1. The van der Waals surface area contributed by atoms with Gasteiger partial charge in [0.2, 0.25) is 0 Å². The number of thioether (sulfide) groups is 1. The first-order valence-electron chi connectivity index (χ1n) is 12.6. The number of aryl methyl sites for hydroxylation is 2. The lowest BCUT2D eigenvalue weighted by molar-refractivity contribution is -0.118. The summed E-state index contributed by atoms with van der Waals surface area (Å²) >= 11 is 2.76. The highest BCUT2D eigenvalue weighted by molar-refractivity contribution is 7.99. The predicted molar refractivity (Wildman–Crippen MR) is 154 cm³/mol. The molecule has 2 aromatic carbocycles. The topological polar surface area (TPSA) is 115 Å². The van der Waals surface area contributed by atoms with Gasteiger partial charge in [-0.3, -0.25) is 14.2 Å². The minimum absolute atomic E-state index is 0.0102. The van der Waals surface area contributed by atoms with E-state index >= 15 is 0 Å². The van der Waals surface area contributed by atoms with Crippen LogP contribution in [0.3, 0.4) is 0 Å². The predicted octanol–water partition coefficient (Wildman–Crippen LogP) is 4.68. The van der Waals surface area contributed by atoms with Crippen LogP contribution in [0.2, 0.25) is 0 Å². The molecule has 0 bridgehead atoms. The van der Waals surface area contributed by atoms with Crippen molar-refractivity contribution < 1.29 is 19.4 Å². The molecule has 5 rings (SSSR count). The molecule has 0 saturated carbocycles. The molecule has 11 heteroatoms. The molecule has 0 atom stereocenters. The number of hydrazone groups is 1. The number of hydrogen-bond donors (Lipinski definition) is 2. The molecule has 9 nitrogen and oxygen atoms in total. The number of aromatic nitrogens is 2. The van der Waals surface area contributed by atoms with Gasteiger partial charge >= 0.3 is 0 Å². The molecular formula is C28H28N4O5S2. The Kier molecular flexibility index (Phi) is 8.18. The molecule has 0 saturated heterocycles. The zero-order valence-electron chi connectivity index (χ0n) is 21.6. The summed E-state index contributed by atoms with van der Waals surface area (Å²) in [5.41, 5.74) is 4.81. The third-order valence-electron chi connectivity index (χ3n) is 6.30. The van der Waals surface area contributed by atoms with Crippen LogP contribution < -0.4 is 20.5 Å². The lowest BCUT2D eigenvalue weighted by atomic mass is 9.97. The second kappa shape index (κ2) is 11.9. The van der Waals surface area contributed by atoms with Gasteiger partial charge < -0.3 is 14.6 Å². The lowest BCUT2D eigenvalue weighted by Crippen LogP contribution is -2.24. The fraction of sp³-hybridized carbons (Fsp3) is 0.286. The minimum atomic E-state index is -0.347. The normalized spacial score (nSPS) is 13.0. The zero-order chi connectivity index (χ0) is 27.4. The molecular weight excluding hydrogens is 536 g/mol. The Morgan fingerprint density at radius 3 is 2.79 bits per heavy atom. The summed E-state index contributed by atoms with van der Waals surface area (Å²) in [7, 11) is 1.46. The van der Waals surface area contributed by atoms with Crippen LogP contribution in [0.15, 0.2) is 57.5 Å². The fourth-order valence-electron chi connectivity index (χ4n) is 4.48. The van der Waals surface area contributed by atoms with E-state index in [1.807, 2.05) is 31.2 Å². The van der Waals surface area contributed by atoms with Gasteiger partial charge in [0.1, 0.15) is 10.6 Å². The molecule has 39 heavy (non-hydrogen) atoms. The van der Waals surface area contributed by atoms with Crippen LogP contribution in [-0.2, 0) is 17.6 Å². The van der Waals surface area contributed by atoms with E-state index in [2.05, 4.69) is 10.5 Å². The van der Waals surface area contributed by atoms with Crippen LogP contribution in [0.5, 0.6) is 17.2 Å². The van der Waals surface area contributed by atoms with Gasteiger partial charge in [0, 0.05) is 4.88 Å². The first-order chi connectivity index (χ1) is 19.0. The number of rotatable bonds is 9. The van der Waals surface area contributed by atoms with Crippen molar-refractivity contribution in [3.05, 3.63) is 68.8 Å². The summed E-state index contributed by atoms with van der Waals surface area (Å²) in [5.74, 6) is 0.708. The van der Waals surface area contributed by atoms with Crippen LogP contribution in [0.4, 0.5) is 0 Å². The number of phenols is 1. The molecule has 202 valence electrons. The Hall–Kier alpha value is -3.83. The molecule has 0 aliphatic heterocycles. The van der Waals surface area contributed by atoms with Gasteiger partial charge in [0.25, 0.3) is 11.5 Å². The number of aromatic hydroxyl groups is 1. The van der Waals surface area contributed by atoms with Crippen LogP contribution in [0, 0.1) is 0 Å². The Balaban J connectivity index is 1.40. The average molecular weight is 565 g/mol. The standard InChI is InChI=1S/C28H28N4O5S2/c1-3-37-19-11-9-18(10-12-19)32-27(35)25-20-6-4-5-7-23(20)39-26(25)30-28(32)38-16-24(34)31-29-15-17-8-13-21(33)22(14-17)36-2/h8-15,33H,3-7,16H2,1-2H3,(H,31,34)/b29-15+. The minimum Gasteiger partial charge on any atom is -0.504 e. The highest BCUT2D eigenvalue weighted by atomic mass is 32.2. The van der Waals surface area contributed by atoms with Gasteiger partial charge in [-0.05, 0) is 86.2 Å². The van der Waals surface area contributed by atoms with Crippen molar-refractivity contribution in [3.63, 3.8) is 0 Å². The molecule has 2 N–H and O–H groups in total. The lowest BCUT2D eigenvalue weighted by Gasteiger charge is -2.14. The molecule has 0 spiro atoms. The van der Waals surface area contributed by atoms with Crippen molar-refractivity contribution in [2.45, 2.75) is 37.8 Å². The maximum atomic E-state index is 13.9. The number of amides is 1. The van der Waals surface area contributed by atoms with Crippen molar-refractivity contribution in [2.24, 2.45) is 5.10 Å². The molecule has 4 aromatic rings. The molecule has 0 radical (unpaired) electrons. The van der Waals surface area contributed by atoms with Crippen molar-refractivity contribution in [3.8, 4) is 22.9 Å². The van der Waals surface area contributed by atoms with Crippen molar-refractivity contribution in [2.75, 3.05) is 19.5 Å². The number of methoxy groups -OCH3 is 1. The molecule has 0 unspecified atom stereocenters. The van der Waals surface area contributed by atoms with Crippen LogP contribution in [0.25, 0.3) is 15.9 Å². The third kappa shape index (κ3) is 5.79. The van der Waals surface area contributed by atoms with E-state index in [1.54, 1.807) is 28.0 Å². The van der Waals surface area contributed by atoms with Crippen molar-refractivity contribution in [1.82, 2.24) is 15.0 Å². The quantitative estimate of drug-likeness (QED) is 0.131. The zero-order valence-corrected chi connectivity index (χ0v) is 23.2. The first-order valence-corrected chi connectivity index (χ1v) is 14.4. The van der Waals surface area contributed by atoms with Gasteiger partial charge in [0.15, 0.2) is 16.7 Å². The monoisotopic (exact) mass is 564 g/mol. The molecule has 1 amide bonds.